The zero-order valence-electron chi connectivity index (χ0n) is 13.7. The fourth-order valence-electron chi connectivity index (χ4n) is 4.19. The van der Waals surface area contributed by atoms with Crippen molar-refractivity contribution < 1.29 is 5.11 Å². The Hall–Kier alpha value is -1.67. The SMILES string of the molecule is Cc1c(O)cc2c(c1C)N(c1ccc(Cl)cc1)CC1(CCC1)C2. The van der Waals surface area contributed by atoms with E-state index in [1.54, 1.807) is 0 Å². The molecule has 23 heavy (non-hydrogen) atoms. The molecular formula is C20H22ClNO. The summed E-state index contributed by atoms with van der Waals surface area (Å²) < 4.78 is 0. The van der Waals surface area contributed by atoms with Gasteiger partial charge in [0, 0.05) is 22.9 Å². The van der Waals surface area contributed by atoms with E-state index in [0.717, 1.165) is 23.6 Å². The molecule has 2 aromatic rings. The molecule has 120 valence electrons. The van der Waals surface area contributed by atoms with Gasteiger partial charge in [-0.15, -0.1) is 0 Å². The second kappa shape index (κ2) is 5.17. The number of hydrogen-bond acceptors (Lipinski definition) is 2. The minimum atomic E-state index is 0.376. The average Bonchev–Trinajstić information content (AvgIpc) is 2.51. The topological polar surface area (TPSA) is 23.5 Å². The first kappa shape index (κ1) is 14.9. The lowest BCUT2D eigenvalue weighted by Gasteiger charge is -2.50. The van der Waals surface area contributed by atoms with Crippen LogP contribution in [-0.4, -0.2) is 11.7 Å². The Balaban J connectivity index is 1.88. The average molecular weight is 328 g/mol. The molecule has 0 radical (unpaired) electrons. The number of halogens is 1. The highest BCUT2D eigenvalue weighted by Crippen LogP contribution is 2.53. The lowest BCUT2D eigenvalue weighted by Crippen LogP contribution is -2.46. The molecule has 2 aliphatic rings. The van der Waals surface area contributed by atoms with Crippen molar-refractivity contribution in [3.05, 3.63) is 52.0 Å². The van der Waals surface area contributed by atoms with E-state index >= 15 is 0 Å². The Morgan fingerprint density at radius 3 is 2.39 bits per heavy atom. The normalized spacial score (nSPS) is 18.7. The zero-order valence-corrected chi connectivity index (χ0v) is 14.5. The number of nitrogens with zero attached hydrogens (tertiary/aromatic N) is 1. The second-order valence-electron chi connectivity index (χ2n) is 7.25. The van der Waals surface area contributed by atoms with Gasteiger partial charge >= 0.3 is 0 Å². The number of anilines is 2. The van der Waals surface area contributed by atoms with Crippen LogP contribution in [0.1, 0.15) is 36.0 Å². The van der Waals surface area contributed by atoms with Crippen LogP contribution in [0, 0.1) is 19.3 Å². The molecule has 1 spiro atoms. The highest BCUT2D eigenvalue weighted by Gasteiger charge is 2.43. The number of rotatable bonds is 1. The molecule has 1 N–H and O–H groups in total. The molecule has 2 nitrogen and oxygen atoms in total. The largest absolute Gasteiger partial charge is 0.508 e. The van der Waals surface area contributed by atoms with Crippen LogP contribution in [0.25, 0.3) is 0 Å². The van der Waals surface area contributed by atoms with Gasteiger partial charge in [-0.25, -0.2) is 0 Å². The predicted octanol–water partition coefficient (Wildman–Crippen LogP) is 5.53. The fourth-order valence-corrected chi connectivity index (χ4v) is 4.32. The second-order valence-corrected chi connectivity index (χ2v) is 7.68. The monoisotopic (exact) mass is 327 g/mol. The number of fused-ring (bicyclic) bond motifs is 1. The minimum Gasteiger partial charge on any atom is -0.508 e. The molecule has 0 atom stereocenters. The van der Waals surface area contributed by atoms with Gasteiger partial charge in [0.15, 0.2) is 0 Å². The van der Waals surface area contributed by atoms with Crippen LogP contribution < -0.4 is 4.90 Å². The smallest absolute Gasteiger partial charge is 0.119 e. The van der Waals surface area contributed by atoms with Crippen molar-refractivity contribution in [2.24, 2.45) is 5.41 Å². The number of phenols is 1. The van der Waals surface area contributed by atoms with Gasteiger partial charge in [-0.1, -0.05) is 18.0 Å². The maximum atomic E-state index is 10.3. The van der Waals surface area contributed by atoms with Crippen molar-refractivity contribution in [2.45, 2.75) is 39.5 Å². The molecule has 2 aromatic carbocycles. The summed E-state index contributed by atoms with van der Waals surface area (Å²) >= 11 is 6.07. The maximum Gasteiger partial charge on any atom is 0.119 e. The summed E-state index contributed by atoms with van der Waals surface area (Å²) in [5, 5.41) is 11.0. The maximum absolute atomic E-state index is 10.3. The van der Waals surface area contributed by atoms with E-state index in [9.17, 15) is 5.11 Å². The van der Waals surface area contributed by atoms with Gasteiger partial charge in [0.1, 0.15) is 5.75 Å². The Bertz CT molecular complexity index is 762. The molecule has 1 aliphatic carbocycles. The number of aromatic hydroxyl groups is 1. The number of benzene rings is 2. The molecule has 4 rings (SSSR count). The molecule has 0 aromatic heterocycles. The standard InChI is InChI=1S/C20H22ClNO/c1-13-14(2)19-15(10-18(13)23)11-20(8-3-9-20)12-22(19)17-6-4-16(21)5-7-17/h4-7,10,23H,3,8-9,11-12H2,1-2H3. The van der Waals surface area contributed by atoms with Gasteiger partial charge < -0.3 is 10.0 Å². The van der Waals surface area contributed by atoms with Gasteiger partial charge in [0.25, 0.3) is 0 Å². The molecule has 0 unspecified atom stereocenters. The first-order chi connectivity index (χ1) is 11.0. The summed E-state index contributed by atoms with van der Waals surface area (Å²) in [6.07, 6.45) is 4.97. The van der Waals surface area contributed by atoms with Gasteiger partial charge in [-0.2, -0.15) is 0 Å². The Labute approximate surface area is 142 Å². The van der Waals surface area contributed by atoms with Crippen LogP contribution in [0.2, 0.25) is 5.02 Å². The van der Waals surface area contributed by atoms with Crippen LogP contribution in [0.5, 0.6) is 5.75 Å². The van der Waals surface area contributed by atoms with Crippen LogP contribution in [0.4, 0.5) is 11.4 Å². The summed E-state index contributed by atoms with van der Waals surface area (Å²) in [7, 11) is 0. The molecule has 1 fully saturated rings. The van der Waals surface area contributed by atoms with Gasteiger partial charge in [-0.05, 0) is 85.5 Å². The molecule has 0 saturated heterocycles. The Kier molecular flexibility index (Phi) is 3.35. The van der Waals surface area contributed by atoms with Crippen LogP contribution in [0.15, 0.2) is 30.3 Å². The third-order valence-electron chi connectivity index (χ3n) is 5.80. The molecule has 0 bridgehead atoms. The number of hydrogen-bond donors (Lipinski definition) is 1. The van der Waals surface area contributed by atoms with E-state index in [1.807, 2.05) is 25.1 Å². The van der Waals surface area contributed by atoms with E-state index in [0.29, 0.717) is 11.2 Å². The van der Waals surface area contributed by atoms with Crippen molar-refractivity contribution >= 4 is 23.0 Å². The molecule has 1 saturated carbocycles. The van der Waals surface area contributed by atoms with Gasteiger partial charge in [0.2, 0.25) is 0 Å². The summed E-state index contributed by atoms with van der Waals surface area (Å²) in [5.41, 5.74) is 6.29. The van der Waals surface area contributed by atoms with Crippen molar-refractivity contribution in [1.82, 2.24) is 0 Å². The lowest BCUT2D eigenvalue weighted by atomic mass is 9.63. The minimum absolute atomic E-state index is 0.376. The first-order valence-corrected chi connectivity index (χ1v) is 8.72. The predicted molar refractivity (Wildman–Crippen MR) is 96.0 cm³/mol. The Morgan fingerprint density at radius 2 is 1.78 bits per heavy atom. The highest BCUT2D eigenvalue weighted by atomic mass is 35.5. The molecule has 1 aliphatic heterocycles. The fraction of sp³-hybridized carbons (Fsp3) is 0.400. The highest BCUT2D eigenvalue weighted by molar-refractivity contribution is 6.30. The zero-order chi connectivity index (χ0) is 16.2. The van der Waals surface area contributed by atoms with Crippen LogP contribution in [0.3, 0.4) is 0 Å². The van der Waals surface area contributed by atoms with Crippen molar-refractivity contribution in [3.63, 3.8) is 0 Å². The van der Waals surface area contributed by atoms with Gasteiger partial charge in [0.05, 0.1) is 0 Å². The molecule has 1 heterocycles. The van der Waals surface area contributed by atoms with E-state index in [-0.39, 0.29) is 0 Å². The number of phenolic OH excluding ortho intramolecular Hbond substituents is 1. The summed E-state index contributed by atoms with van der Waals surface area (Å²) in [4.78, 5) is 2.44. The molecular weight excluding hydrogens is 306 g/mol. The summed E-state index contributed by atoms with van der Waals surface area (Å²) in [5.74, 6) is 0.425. The van der Waals surface area contributed by atoms with Crippen LogP contribution in [-0.2, 0) is 6.42 Å². The van der Waals surface area contributed by atoms with E-state index in [4.69, 9.17) is 11.6 Å². The molecule has 3 heteroatoms. The third-order valence-corrected chi connectivity index (χ3v) is 6.05. The lowest BCUT2D eigenvalue weighted by molar-refractivity contribution is 0.138. The van der Waals surface area contributed by atoms with Crippen LogP contribution >= 0.6 is 11.6 Å². The quantitative estimate of drug-likeness (QED) is 0.744. The summed E-state index contributed by atoms with van der Waals surface area (Å²) in [6.45, 7) is 5.18. The Morgan fingerprint density at radius 1 is 1.09 bits per heavy atom. The van der Waals surface area contributed by atoms with E-state index in [2.05, 4.69) is 24.0 Å². The third kappa shape index (κ3) is 2.31. The van der Waals surface area contributed by atoms with E-state index < -0.39 is 0 Å². The van der Waals surface area contributed by atoms with Crippen molar-refractivity contribution in [3.8, 4) is 5.75 Å². The van der Waals surface area contributed by atoms with Crippen molar-refractivity contribution in [2.75, 3.05) is 11.4 Å². The molecule has 0 amide bonds. The van der Waals surface area contributed by atoms with E-state index in [1.165, 1.54) is 41.8 Å². The summed E-state index contributed by atoms with van der Waals surface area (Å²) in [6, 6.07) is 10.1. The van der Waals surface area contributed by atoms with Crippen molar-refractivity contribution in [1.29, 1.82) is 0 Å². The first-order valence-electron chi connectivity index (χ1n) is 8.34. The van der Waals surface area contributed by atoms with Gasteiger partial charge in [-0.3, -0.25) is 0 Å².